The first-order valence-corrected chi connectivity index (χ1v) is 9.27. The van der Waals surface area contributed by atoms with Gasteiger partial charge in [-0.1, -0.05) is 30.5 Å². The summed E-state index contributed by atoms with van der Waals surface area (Å²) in [7, 11) is 1.62. The van der Waals surface area contributed by atoms with Gasteiger partial charge in [-0.15, -0.1) is 0 Å². The van der Waals surface area contributed by atoms with Crippen molar-refractivity contribution in [3.63, 3.8) is 0 Å². The molecule has 0 unspecified atom stereocenters. The zero-order valence-corrected chi connectivity index (χ0v) is 15.8. The quantitative estimate of drug-likeness (QED) is 0.753. The van der Waals surface area contributed by atoms with E-state index >= 15 is 0 Å². The van der Waals surface area contributed by atoms with E-state index in [9.17, 15) is 0 Å². The summed E-state index contributed by atoms with van der Waals surface area (Å²) in [5, 5.41) is 4.57. The zero-order chi connectivity index (χ0) is 17.6. The van der Waals surface area contributed by atoms with Crippen molar-refractivity contribution in [3.8, 4) is 5.75 Å². The molecule has 0 bridgehead atoms. The van der Waals surface area contributed by atoms with Crippen molar-refractivity contribution >= 4 is 34.6 Å². The van der Waals surface area contributed by atoms with Gasteiger partial charge < -0.3 is 15.0 Å². The van der Waals surface area contributed by atoms with Crippen LogP contribution in [-0.2, 0) is 6.54 Å². The van der Waals surface area contributed by atoms with Gasteiger partial charge in [-0.2, -0.15) is 0 Å². The molecule has 0 aliphatic heterocycles. The number of benzene rings is 1. The Morgan fingerprint density at radius 3 is 2.76 bits per heavy atom. The predicted molar refractivity (Wildman–Crippen MR) is 106 cm³/mol. The number of hydrogen-bond acceptors (Lipinski definition) is 3. The van der Waals surface area contributed by atoms with Gasteiger partial charge in [-0.05, 0) is 49.3 Å². The van der Waals surface area contributed by atoms with E-state index in [-0.39, 0.29) is 0 Å². The molecule has 1 aliphatic carbocycles. The van der Waals surface area contributed by atoms with E-state index in [1.807, 2.05) is 36.5 Å². The number of halogens is 1. The molecule has 132 valence electrons. The van der Waals surface area contributed by atoms with Crippen LogP contribution in [0.2, 0.25) is 5.02 Å². The molecule has 1 aromatic carbocycles. The van der Waals surface area contributed by atoms with E-state index in [1.165, 1.54) is 12.8 Å². The van der Waals surface area contributed by atoms with Crippen molar-refractivity contribution in [2.24, 2.45) is 0 Å². The molecule has 0 radical (unpaired) electrons. The second-order valence-electron chi connectivity index (χ2n) is 6.16. The minimum atomic E-state index is 0.444. The fraction of sp³-hybridized carbons (Fsp3) is 0.368. The highest BCUT2D eigenvalue weighted by molar-refractivity contribution is 7.80. The molecule has 1 heterocycles. The van der Waals surface area contributed by atoms with Crippen molar-refractivity contribution in [3.05, 3.63) is 53.3 Å². The average Bonchev–Trinajstić information content (AvgIpc) is 3.16. The van der Waals surface area contributed by atoms with Crippen LogP contribution in [0.25, 0.3) is 0 Å². The third-order valence-electron chi connectivity index (χ3n) is 4.50. The van der Waals surface area contributed by atoms with Crippen molar-refractivity contribution in [2.75, 3.05) is 12.4 Å². The number of thiocarbonyl (C=S) groups is 1. The maximum absolute atomic E-state index is 6.34. The monoisotopic (exact) mass is 375 g/mol. The second-order valence-corrected chi connectivity index (χ2v) is 6.96. The van der Waals surface area contributed by atoms with Crippen molar-refractivity contribution in [2.45, 2.75) is 38.3 Å². The zero-order valence-electron chi connectivity index (χ0n) is 14.2. The molecule has 2 aromatic rings. The number of methoxy groups -OCH3 is 1. The number of nitrogens with one attached hydrogen (secondary N) is 1. The van der Waals surface area contributed by atoms with Gasteiger partial charge in [0.05, 0.1) is 30.1 Å². The van der Waals surface area contributed by atoms with Gasteiger partial charge in [0.15, 0.2) is 5.11 Å². The van der Waals surface area contributed by atoms with Crippen LogP contribution < -0.4 is 10.1 Å². The lowest BCUT2D eigenvalue weighted by Crippen LogP contribution is -2.41. The van der Waals surface area contributed by atoms with Gasteiger partial charge in [-0.3, -0.25) is 4.98 Å². The number of pyridine rings is 1. The number of nitrogens with zero attached hydrogens (tertiary/aromatic N) is 2. The Hall–Kier alpha value is -1.85. The van der Waals surface area contributed by atoms with Gasteiger partial charge in [0.1, 0.15) is 5.75 Å². The molecule has 6 heteroatoms. The van der Waals surface area contributed by atoms with E-state index in [4.69, 9.17) is 28.6 Å². The summed E-state index contributed by atoms with van der Waals surface area (Å²) in [6, 6.07) is 12.0. The summed E-state index contributed by atoms with van der Waals surface area (Å²) in [4.78, 5) is 6.69. The first-order chi connectivity index (χ1) is 12.2. The van der Waals surface area contributed by atoms with Gasteiger partial charge >= 0.3 is 0 Å². The highest BCUT2D eigenvalue weighted by atomic mass is 35.5. The Morgan fingerprint density at radius 2 is 2.12 bits per heavy atom. The lowest BCUT2D eigenvalue weighted by Gasteiger charge is -2.31. The Morgan fingerprint density at radius 1 is 1.32 bits per heavy atom. The van der Waals surface area contributed by atoms with E-state index in [0.29, 0.717) is 22.7 Å². The molecule has 1 N–H and O–H groups in total. The van der Waals surface area contributed by atoms with Crippen LogP contribution in [0.1, 0.15) is 31.4 Å². The minimum Gasteiger partial charge on any atom is -0.497 e. The number of aromatic nitrogens is 1. The number of rotatable bonds is 5. The Kier molecular flexibility index (Phi) is 6.10. The van der Waals surface area contributed by atoms with Crippen LogP contribution in [0, 0.1) is 0 Å². The third kappa shape index (κ3) is 4.61. The molecule has 1 fully saturated rings. The van der Waals surface area contributed by atoms with Crippen LogP contribution in [0.4, 0.5) is 5.69 Å². The van der Waals surface area contributed by atoms with Crippen molar-refractivity contribution < 1.29 is 4.74 Å². The van der Waals surface area contributed by atoms with Crippen LogP contribution in [0.15, 0.2) is 42.6 Å². The van der Waals surface area contributed by atoms with Crippen molar-refractivity contribution in [1.29, 1.82) is 0 Å². The lowest BCUT2D eigenvalue weighted by molar-refractivity contribution is 0.309. The van der Waals surface area contributed by atoms with Gasteiger partial charge in [-0.25, -0.2) is 0 Å². The summed E-state index contributed by atoms with van der Waals surface area (Å²) >= 11 is 12.1. The second kappa shape index (κ2) is 8.50. The van der Waals surface area contributed by atoms with Crippen LogP contribution in [0.5, 0.6) is 5.75 Å². The highest BCUT2D eigenvalue weighted by Crippen LogP contribution is 2.29. The van der Waals surface area contributed by atoms with Crippen LogP contribution in [-0.4, -0.2) is 28.1 Å². The van der Waals surface area contributed by atoms with E-state index in [1.54, 1.807) is 13.2 Å². The van der Waals surface area contributed by atoms with Crippen LogP contribution >= 0.6 is 23.8 Å². The van der Waals surface area contributed by atoms with Crippen molar-refractivity contribution in [1.82, 2.24) is 9.88 Å². The first-order valence-electron chi connectivity index (χ1n) is 8.48. The Balaban J connectivity index is 1.76. The average molecular weight is 376 g/mol. The predicted octanol–water partition coefficient (Wildman–Crippen LogP) is 4.89. The minimum absolute atomic E-state index is 0.444. The fourth-order valence-electron chi connectivity index (χ4n) is 3.16. The topological polar surface area (TPSA) is 37.4 Å². The molecule has 3 rings (SSSR count). The number of hydrogen-bond donors (Lipinski definition) is 1. The molecule has 0 atom stereocenters. The molecule has 1 saturated carbocycles. The molecule has 1 aromatic heterocycles. The van der Waals surface area contributed by atoms with Gasteiger partial charge in [0.2, 0.25) is 0 Å². The molecule has 0 amide bonds. The maximum Gasteiger partial charge on any atom is 0.174 e. The normalized spacial score (nSPS) is 14.3. The fourth-order valence-corrected chi connectivity index (χ4v) is 3.70. The maximum atomic E-state index is 6.34. The summed E-state index contributed by atoms with van der Waals surface area (Å²) < 4.78 is 5.20. The smallest absolute Gasteiger partial charge is 0.174 e. The Labute approximate surface area is 159 Å². The molecule has 25 heavy (non-hydrogen) atoms. The van der Waals surface area contributed by atoms with Gasteiger partial charge in [0, 0.05) is 18.3 Å². The SMILES string of the molecule is COc1ccc(NC(=S)N(Cc2ccccn2)C2CCCC2)c(Cl)c1. The standard InChI is InChI=1S/C19H22ClN3OS/c1-24-16-9-10-18(17(20)12-16)22-19(25)23(15-7-2-3-8-15)13-14-6-4-5-11-21-14/h4-6,9-12,15H,2-3,7-8,13H2,1H3,(H,22,25). The molecule has 0 saturated heterocycles. The number of ether oxygens (including phenoxy) is 1. The largest absolute Gasteiger partial charge is 0.497 e. The van der Waals surface area contributed by atoms with E-state index in [0.717, 1.165) is 30.0 Å². The number of anilines is 1. The molecular formula is C19H22ClN3OS. The molecule has 1 aliphatic rings. The summed E-state index contributed by atoms with van der Waals surface area (Å²) in [5.74, 6) is 0.725. The molecule has 4 nitrogen and oxygen atoms in total. The summed E-state index contributed by atoms with van der Waals surface area (Å²) in [5.41, 5.74) is 1.80. The van der Waals surface area contributed by atoms with Gasteiger partial charge in [0.25, 0.3) is 0 Å². The van der Waals surface area contributed by atoms with Crippen LogP contribution in [0.3, 0.4) is 0 Å². The molecular weight excluding hydrogens is 354 g/mol. The summed E-state index contributed by atoms with van der Waals surface area (Å²) in [6.45, 7) is 0.700. The first kappa shape index (κ1) is 18.0. The lowest BCUT2D eigenvalue weighted by atomic mass is 10.2. The Bertz CT molecular complexity index is 720. The van der Waals surface area contributed by atoms with E-state index < -0.39 is 0 Å². The van der Waals surface area contributed by atoms with E-state index in [2.05, 4.69) is 15.2 Å². The summed E-state index contributed by atoms with van der Waals surface area (Å²) in [6.07, 6.45) is 6.62. The molecule has 0 spiro atoms. The highest BCUT2D eigenvalue weighted by Gasteiger charge is 2.25. The third-order valence-corrected chi connectivity index (χ3v) is 5.15.